The van der Waals surface area contributed by atoms with Gasteiger partial charge in [-0.2, -0.15) is 0 Å². The number of rotatable bonds is 3. The Kier molecular flexibility index (Phi) is 5.04. The maximum absolute atomic E-state index is 12.7. The molecule has 3 rings (SSSR count). The molecular weight excluding hydrogens is 314 g/mol. The number of aromatic nitrogens is 1. The van der Waals surface area contributed by atoms with Gasteiger partial charge in [0.15, 0.2) is 0 Å². The molecule has 5 heteroatoms. The smallest absolute Gasteiger partial charge is 0.274 e. The van der Waals surface area contributed by atoms with Crippen molar-refractivity contribution in [1.29, 1.82) is 0 Å². The van der Waals surface area contributed by atoms with E-state index in [1.54, 1.807) is 6.20 Å². The lowest BCUT2D eigenvalue weighted by Gasteiger charge is -2.29. The minimum atomic E-state index is -0.188. The quantitative estimate of drug-likeness (QED) is 0.930. The van der Waals surface area contributed by atoms with Crippen LogP contribution in [0.25, 0.3) is 0 Å². The fourth-order valence-electron chi connectivity index (χ4n) is 2.99. The first kappa shape index (κ1) is 17.4. The number of benzene rings is 1. The third-order valence-corrected chi connectivity index (χ3v) is 4.34. The fraction of sp³-hybridized carbons (Fsp3) is 0.400. The van der Waals surface area contributed by atoms with Gasteiger partial charge in [0.25, 0.3) is 5.91 Å². The van der Waals surface area contributed by atoms with Gasteiger partial charge in [-0.05, 0) is 29.2 Å². The molecule has 132 valence electrons. The van der Waals surface area contributed by atoms with Crippen LogP contribution in [0.3, 0.4) is 0 Å². The number of para-hydroxylation sites is 1. The molecule has 1 aliphatic heterocycles. The van der Waals surface area contributed by atoms with Gasteiger partial charge in [0.05, 0.1) is 13.2 Å². The van der Waals surface area contributed by atoms with Crippen molar-refractivity contribution >= 4 is 17.3 Å². The molecule has 0 radical (unpaired) electrons. The van der Waals surface area contributed by atoms with Crippen LogP contribution in [0, 0.1) is 0 Å². The molecule has 0 aliphatic carbocycles. The van der Waals surface area contributed by atoms with Crippen LogP contribution >= 0.6 is 0 Å². The third-order valence-electron chi connectivity index (χ3n) is 4.34. The van der Waals surface area contributed by atoms with Gasteiger partial charge in [0.1, 0.15) is 5.69 Å². The van der Waals surface area contributed by atoms with E-state index in [0.717, 1.165) is 30.0 Å². The van der Waals surface area contributed by atoms with E-state index in [9.17, 15) is 4.79 Å². The van der Waals surface area contributed by atoms with E-state index in [4.69, 9.17) is 4.74 Å². The highest BCUT2D eigenvalue weighted by molar-refractivity contribution is 6.03. The number of morpholine rings is 1. The summed E-state index contributed by atoms with van der Waals surface area (Å²) >= 11 is 0. The van der Waals surface area contributed by atoms with Gasteiger partial charge in [-0.25, -0.2) is 0 Å². The highest BCUT2D eigenvalue weighted by Gasteiger charge is 2.20. The summed E-state index contributed by atoms with van der Waals surface area (Å²) in [7, 11) is 0. The van der Waals surface area contributed by atoms with Crippen LogP contribution in [-0.4, -0.2) is 37.2 Å². The highest BCUT2D eigenvalue weighted by Crippen LogP contribution is 2.29. The SMILES string of the molecule is CC(C)(C)c1ccccc1NC(=O)c1cc(N2CCOCC2)ccn1. The molecule has 1 N–H and O–H groups in total. The molecular formula is C20H25N3O2. The Balaban J connectivity index is 1.80. The average molecular weight is 339 g/mol. The van der Waals surface area contributed by atoms with E-state index in [0.29, 0.717) is 18.9 Å². The summed E-state index contributed by atoms with van der Waals surface area (Å²) < 4.78 is 5.39. The molecule has 1 aliphatic rings. The van der Waals surface area contributed by atoms with Crippen molar-refractivity contribution in [3.63, 3.8) is 0 Å². The van der Waals surface area contributed by atoms with Gasteiger partial charge in [-0.3, -0.25) is 9.78 Å². The summed E-state index contributed by atoms with van der Waals surface area (Å²) in [6.07, 6.45) is 1.69. The fourth-order valence-corrected chi connectivity index (χ4v) is 2.99. The van der Waals surface area contributed by atoms with Gasteiger partial charge in [0, 0.05) is 30.7 Å². The van der Waals surface area contributed by atoms with Gasteiger partial charge in [-0.15, -0.1) is 0 Å². The van der Waals surface area contributed by atoms with Crippen molar-refractivity contribution in [1.82, 2.24) is 4.98 Å². The molecule has 0 unspecified atom stereocenters. The highest BCUT2D eigenvalue weighted by atomic mass is 16.5. The normalized spacial score (nSPS) is 15.1. The Hall–Kier alpha value is -2.40. The zero-order valence-corrected chi connectivity index (χ0v) is 15.1. The minimum absolute atomic E-state index is 0.0487. The number of pyridine rings is 1. The molecule has 2 heterocycles. The van der Waals surface area contributed by atoms with Gasteiger partial charge in [-0.1, -0.05) is 39.0 Å². The summed E-state index contributed by atoms with van der Waals surface area (Å²) in [5.41, 5.74) is 3.32. The molecule has 0 saturated carbocycles. The van der Waals surface area contributed by atoms with E-state index in [1.807, 2.05) is 36.4 Å². The Morgan fingerprint density at radius 2 is 1.88 bits per heavy atom. The second kappa shape index (κ2) is 7.23. The largest absolute Gasteiger partial charge is 0.378 e. The molecule has 1 fully saturated rings. The maximum atomic E-state index is 12.7. The van der Waals surface area contributed by atoms with Crippen LogP contribution in [0.5, 0.6) is 0 Å². The first-order valence-corrected chi connectivity index (χ1v) is 8.65. The summed E-state index contributed by atoms with van der Waals surface area (Å²) in [5, 5.41) is 3.02. The monoisotopic (exact) mass is 339 g/mol. The van der Waals surface area contributed by atoms with E-state index < -0.39 is 0 Å². The standard InChI is InChI=1S/C20H25N3O2/c1-20(2,3)16-6-4-5-7-17(16)22-19(24)18-14-15(8-9-21-18)23-10-12-25-13-11-23/h4-9,14H,10-13H2,1-3H3,(H,22,24). The molecule has 1 aromatic heterocycles. The van der Waals surface area contributed by atoms with Crippen molar-refractivity contribution in [2.24, 2.45) is 0 Å². The van der Waals surface area contributed by atoms with Crippen molar-refractivity contribution in [3.8, 4) is 0 Å². The molecule has 1 aromatic carbocycles. The number of nitrogens with one attached hydrogen (secondary N) is 1. The molecule has 0 atom stereocenters. The number of carbonyl (C=O) groups excluding carboxylic acids is 1. The second-order valence-electron chi connectivity index (χ2n) is 7.25. The first-order chi connectivity index (χ1) is 11.9. The van der Waals surface area contributed by atoms with Crippen molar-refractivity contribution in [3.05, 3.63) is 53.9 Å². The maximum Gasteiger partial charge on any atom is 0.274 e. The van der Waals surface area contributed by atoms with Crippen molar-refractivity contribution in [2.75, 3.05) is 36.5 Å². The summed E-state index contributed by atoms with van der Waals surface area (Å²) in [5.74, 6) is -0.188. The lowest BCUT2D eigenvalue weighted by molar-refractivity contribution is 0.102. The minimum Gasteiger partial charge on any atom is -0.378 e. The number of amides is 1. The summed E-state index contributed by atoms with van der Waals surface area (Å²) in [6.45, 7) is 9.49. The predicted octanol–water partition coefficient (Wildman–Crippen LogP) is 3.47. The zero-order valence-electron chi connectivity index (χ0n) is 15.1. The number of hydrogen-bond donors (Lipinski definition) is 1. The predicted molar refractivity (Wildman–Crippen MR) is 100 cm³/mol. The summed E-state index contributed by atoms with van der Waals surface area (Å²) in [4.78, 5) is 19.2. The molecule has 5 nitrogen and oxygen atoms in total. The van der Waals surface area contributed by atoms with E-state index in [1.165, 1.54) is 0 Å². The van der Waals surface area contributed by atoms with Crippen LogP contribution in [0.15, 0.2) is 42.6 Å². The van der Waals surface area contributed by atoms with Crippen LogP contribution in [0.4, 0.5) is 11.4 Å². The Labute approximate surface area is 149 Å². The lowest BCUT2D eigenvalue weighted by atomic mass is 9.86. The van der Waals surface area contributed by atoms with E-state index in [2.05, 4.69) is 36.0 Å². The number of ether oxygens (including phenoxy) is 1. The van der Waals surface area contributed by atoms with Crippen molar-refractivity contribution in [2.45, 2.75) is 26.2 Å². The summed E-state index contributed by atoms with van der Waals surface area (Å²) in [6, 6.07) is 11.7. The van der Waals surface area contributed by atoms with Crippen molar-refractivity contribution < 1.29 is 9.53 Å². The lowest BCUT2D eigenvalue weighted by Crippen LogP contribution is -2.36. The zero-order chi connectivity index (χ0) is 17.9. The molecule has 25 heavy (non-hydrogen) atoms. The molecule has 1 saturated heterocycles. The van der Waals surface area contributed by atoms with Gasteiger partial charge in [0.2, 0.25) is 0 Å². The Morgan fingerprint density at radius 1 is 1.16 bits per heavy atom. The van der Waals surface area contributed by atoms with E-state index >= 15 is 0 Å². The number of carbonyl (C=O) groups is 1. The number of anilines is 2. The van der Waals surface area contributed by atoms with Gasteiger partial charge >= 0.3 is 0 Å². The number of hydrogen-bond acceptors (Lipinski definition) is 4. The first-order valence-electron chi connectivity index (χ1n) is 8.65. The molecule has 0 bridgehead atoms. The Morgan fingerprint density at radius 3 is 2.60 bits per heavy atom. The van der Waals surface area contributed by atoms with Gasteiger partial charge < -0.3 is 15.0 Å². The third kappa shape index (κ3) is 4.17. The average Bonchev–Trinajstić information content (AvgIpc) is 2.62. The topological polar surface area (TPSA) is 54.5 Å². The second-order valence-corrected chi connectivity index (χ2v) is 7.25. The van der Waals surface area contributed by atoms with E-state index in [-0.39, 0.29) is 11.3 Å². The van der Waals surface area contributed by atoms with Crippen LogP contribution in [0.2, 0.25) is 0 Å². The Bertz CT molecular complexity index is 747. The molecule has 2 aromatic rings. The van der Waals surface area contributed by atoms with Crippen LogP contribution in [-0.2, 0) is 10.2 Å². The van der Waals surface area contributed by atoms with Crippen LogP contribution < -0.4 is 10.2 Å². The molecule has 1 amide bonds. The molecule has 0 spiro atoms. The number of nitrogens with zero attached hydrogens (tertiary/aromatic N) is 2. The van der Waals surface area contributed by atoms with Crippen LogP contribution in [0.1, 0.15) is 36.8 Å².